The summed E-state index contributed by atoms with van der Waals surface area (Å²) < 4.78 is 23.3. The van der Waals surface area contributed by atoms with Gasteiger partial charge in [0.15, 0.2) is 0 Å². The first kappa shape index (κ1) is 90.1. The highest BCUT2D eigenvalue weighted by atomic mass is 32.1. The molecule has 43 heavy (non-hydrogen) atoms. The van der Waals surface area contributed by atoms with Gasteiger partial charge in [0.2, 0.25) is 0 Å². The molecule has 4 unspecified atom stereocenters. The van der Waals surface area contributed by atoms with Crippen LogP contribution in [0.15, 0.2) is 0 Å². The molecule has 282 valence electrons. The second-order valence-corrected chi connectivity index (χ2v) is 8.16. The maximum Gasteiger partial charge on any atom is 0.128 e. The van der Waals surface area contributed by atoms with Gasteiger partial charge < -0.3 is 42.7 Å². The molecule has 0 amide bonds. The van der Waals surface area contributed by atoms with Gasteiger partial charge in [-0.25, -0.2) is 0 Å². The van der Waals surface area contributed by atoms with E-state index in [9.17, 15) is 0 Å². The van der Waals surface area contributed by atoms with E-state index in [0.29, 0.717) is 52.5 Å². The highest BCUT2D eigenvalue weighted by Gasteiger charge is 2.33. The van der Waals surface area contributed by atoms with Crippen molar-refractivity contribution in [2.24, 2.45) is 11.8 Å². The highest BCUT2D eigenvalue weighted by Crippen LogP contribution is 2.28. The van der Waals surface area contributed by atoms with Crippen LogP contribution in [0.2, 0.25) is 0 Å². The van der Waals surface area contributed by atoms with E-state index in [-0.39, 0.29) is 128 Å². The zero-order chi connectivity index (χ0) is 22.9. The third-order valence-corrected chi connectivity index (χ3v) is 5.82. The summed E-state index contributed by atoms with van der Waals surface area (Å²) in [7, 11) is 0. The van der Waals surface area contributed by atoms with Gasteiger partial charge in [0.25, 0.3) is 0 Å². The monoisotopic (exact) mass is 656 g/mol. The third kappa shape index (κ3) is 39.6. The largest absolute Gasteiger partial charge is 0.813 e. The minimum Gasteiger partial charge on any atom is -0.813 e. The maximum atomic E-state index is 8.82. The van der Waals surface area contributed by atoms with Crippen LogP contribution < -0.4 is 0 Å². The van der Waals surface area contributed by atoms with E-state index < -0.39 is 11.2 Å². The Morgan fingerprint density at radius 1 is 0.512 bits per heavy atom. The van der Waals surface area contributed by atoms with Crippen LogP contribution in [0.4, 0.5) is 0 Å². The molecule has 0 radical (unpaired) electrons. The van der Waals surface area contributed by atoms with E-state index in [1.54, 1.807) is 0 Å². The van der Waals surface area contributed by atoms with Crippen LogP contribution in [0.3, 0.4) is 0 Å². The van der Waals surface area contributed by atoms with E-state index in [1.165, 1.54) is 0 Å². The fourth-order valence-electron chi connectivity index (χ4n) is 2.79. The molecule has 0 rings (SSSR count). The van der Waals surface area contributed by atoms with Gasteiger partial charge in [-0.05, 0) is 51.4 Å². The first-order valence-corrected chi connectivity index (χ1v) is 11.5. The van der Waals surface area contributed by atoms with Crippen molar-refractivity contribution >= 4 is 13.5 Å². The Bertz CT molecular complexity index is 444. The van der Waals surface area contributed by atoms with Crippen molar-refractivity contribution in [2.75, 3.05) is 52.9 Å². The predicted octanol–water partition coefficient (Wildman–Crippen LogP) is 10.8. The van der Waals surface area contributed by atoms with Crippen LogP contribution >= 0.6 is 0 Å². The molecule has 0 heterocycles. The summed E-state index contributed by atoms with van der Waals surface area (Å²) in [5, 5.41) is 17.6. The topological polar surface area (TPSA) is 77.4 Å². The summed E-state index contributed by atoms with van der Waals surface area (Å²) in [6.07, 6.45) is 3.18. The van der Waals surface area contributed by atoms with Crippen LogP contribution in [-0.2, 0) is 32.4 Å². The first-order valence-electron chi connectivity index (χ1n) is 11.5. The van der Waals surface area contributed by atoms with Crippen LogP contribution in [0.1, 0.15) is 156 Å². The van der Waals surface area contributed by atoms with E-state index in [2.05, 4.69) is 39.5 Å². The quantitative estimate of drug-likeness (QED) is 0.0658. The van der Waals surface area contributed by atoms with Gasteiger partial charge in [-0.1, -0.05) is 129 Å². The van der Waals surface area contributed by atoms with Crippen LogP contribution in [0, 0.1) is 23.7 Å². The molecule has 0 aliphatic heterocycles. The first-order chi connectivity index (χ1) is 14.3. The van der Waals surface area contributed by atoms with Crippen molar-refractivity contribution in [3.8, 4) is 11.8 Å². The Morgan fingerprint density at radius 2 is 0.767 bits per heavy atom. The van der Waals surface area contributed by atoms with Gasteiger partial charge in [-0.2, -0.15) is 0 Å². The molecular weight excluding hydrogens is 560 g/mol. The highest BCUT2D eigenvalue weighted by molar-refractivity contribution is 7.37. The molecule has 0 aliphatic rings. The van der Waals surface area contributed by atoms with Crippen LogP contribution in [0.25, 0.3) is 0 Å². The summed E-state index contributed by atoms with van der Waals surface area (Å²) in [4.78, 5) is 0. The lowest BCUT2D eigenvalue weighted by atomic mass is 9.85. The molecule has 7 heteroatoms. The lowest BCUT2D eigenvalue weighted by molar-refractivity contribution is -0.0588. The van der Waals surface area contributed by atoms with Crippen molar-refractivity contribution in [2.45, 2.75) is 168 Å². The van der Waals surface area contributed by atoms with Crippen LogP contribution in [0.5, 0.6) is 0 Å². The molecular formula is C36H95O6S-. The molecule has 4 atom stereocenters. The Labute approximate surface area is 286 Å². The maximum absolute atomic E-state index is 8.82. The van der Waals surface area contributed by atoms with E-state index in [1.807, 2.05) is 13.8 Å². The zero-order valence-electron chi connectivity index (χ0n) is 20.6. The van der Waals surface area contributed by atoms with Gasteiger partial charge in [0, 0.05) is 26.4 Å². The number of rotatable bonds is 18. The van der Waals surface area contributed by atoms with Crippen LogP contribution in [-0.4, -0.2) is 74.3 Å². The molecule has 0 aromatic heterocycles. The van der Waals surface area contributed by atoms with Crippen molar-refractivity contribution in [1.29, 1.82) is 0 Å². The van der Waals surface area contributed by atoms with Gasteiger partial charge in [0.1, 0.15) is 11.2 Å². The van der Waals surface area contributed by atoms with Crippen molar-refractivity contribution in [3.63, 3.8) is 0 Å². The summed E-state index contributed by atoms with van der Waals surface area (Å²) in [5.41, 5.74) is -1.18. The minimum atomic E-state index is -0.592. The average molecular weight is 656 g/mol. The number of hydrogen-bond acceptors (Lipinski definition) is 7. The van der Waals surface area contributed by atoms with Gasteiger partial charge in [-0.15, -0.1) is 0 Å². The second kappa shape index (κ2) is 54.2. The average Bonchev–Trinajstić information content (AvgIpc) is 2.75. The fraction of sp³-hybridized carbons (Fsp3) is 0.944. The number of thiol groups is 1. The zero-order valence-corrected chi connectivity index (χ0v) is 21.5. The molecule has 0 saturated carbocycles. The summed E-state index contributed by atoms with van der Waals surface area (Å²) in [6.45, 7) is 15.9. The molecule has 0 aromatic rings. The Morgan fingerprint density at radius 3 is 0.977 bits per heavy atom. The third-order valence-electron chi connectivity index (χ3n) is 5.82. The summed E-state index contributed by atoms with van der Waals surface area (Å²) in [5.74, 6) is 7.31. The summed E-state index contributed by atoms with van der Waals surface area (Å²) in [6, 6.07) is 0. The van der Waals surface area contributed by atoms with E-state index in [4.69, 9.17) is 29.2 Å². The predicted molar refractivity (Wildman–Crippen MR) is 210 cm³/mol. The molecule has 0 saturated heterocycles. The SMILES string of the molecule is C.C.C.C.C.C.C.C.C.C.C.C.CCC(C)C(C)(C#CC(C)(OCCOCCCO)C(C)CC)OCCOCCCO.[SH-]. The number of aliphatic hydroxyl groups is 2. The number of ether oxygens (including phenoxy) is 4. The molecule has 0 aliphatic carbocycles. The summed E-state index contributed by atoms with van der Waals surface area (Å²) >= 11 is 0. The van der Waals surface area contributed by atoms with E-state index in [0.717, 1.165) is 12.8 Å². The lowest BCUT2D eigenvalue weighted by Crippen LogP contribution is -2.39. The molecule has 0 bridgehead atoms. The minimum absolute atomic E-state index is 0. The van der Waals surface area contributed by atoms with Gasteiger partial charge in [0.05, 0.1) is 26.4 Å². The Hall–Kier alpha value is -0.330. The number of hydrogen-bond donors (Lipinski definition) is 2. The molecule has 6 nitrogen and oxygen atoms in total. The van der Waals surface area contributed by atoms with Gasteiger partial charge >= 0.3 is 0 Å². The lowest BCUT2D eigenvalue weighted by Gasteiger charge is -2.33. The van der Waals surface area contributed by atoms with Crippen molar-refractivity contribution in [3.05, 3.63) is 0 Å². The Balaban J connectivity index is -0.0000000539. The Kier molecular flexibility index (Phi) is 114. The second-order valence-electron chi connectivity index (χ2n) is 8.16. The van der Waals surface area contributed by atoms with Gasteiger partial charge in [-0.3, -0.25) is 0 Å². The molecule has 0 spiro atoms. The smallest absolute Gasteiger partial charge is 0.128 e. The number of aliphatic hydroxyl groups excluding tert-OH is 2. The normalized spacial score (nSPS) is 12.2. The molecule has 2 N–H and O–H groups in total. The van der Waals surface area contributed by atoms with E-state index >= 15 is 0 Å². The molecule has 0 aromatic carbocycles. The molecule has 0 fully saturated rings. The van der Waals surface area contributed by atoms with Crippen molar-refractivity contribution < 1.29 is 29.2 Å². The standard InChI is InChI=1S/C24H46O6.12CH4.H2S/c1-7-21(3)23(5,29-19-17-27-15-9-13-25)11-12-24(6,22(4)8-2)30-20-18-28-16-10-14-26;;;;;;;;;;;;;/h21-22,25-26H,7-10,13-20H2,1-6H3;12*1H4;1H2/p-1. The van der Waals surface area contributed by atoms with Crippen molar-refractivity contribution in [1.82, 2.24) is 0 Å². The fourth-order valence-corrected chi connectivity index (χ4v) is 2.79.